The summed E-state index contributed by atoms with van der Waals surface area (Å²) in [5.41, 5.74) is 0.850. The molecule has 2 heterocycles. The first kappa shape index (κ1) is 14.5. The first-order valence-electron chi connectivity index (χ1n) is 6.52. The minimum atomic E-state index is 0.422. The van der Waals surface area contributed by atoms with E-state index in [1.165, 1.54) is 6.33 Å². The molecular weight excluding hydrogens is 276 g/mol. The predicted molar refractivity (Wildman–Crippen MR) is 77.8 cm³/mol. The predicted octanol–water partition coefficient (Wildman–Crippen LogP) is 2.46. The minimum absolute atomic E-state index is 0.422. The van der Waals surface area contributed by atoms with Crippen molar-refractivity contribution in [2.45, 2.75) is 27.2 Å². The molecule has 0 fully saturated rings. The summed E-state index contributed by atoms with van der Waals surface area (Å²) in [4.78, 5) is 10.4. The molecular formula is C13H17ClN6. The molecule has 0 N–H and O–H groups in total. The van der Waals surface area contributed by atoms with Crippen LogP contribution in [0.5, 0.6) is 0 Å². The lowest BCUT2D eigenvalue weighted by Gasteiger charge is -2.27. The topological polar surface area (TPSA) is 70.1 Å². The number of hydrogen-bond donors (Lipinski definition) is 0. The number of rotatable bonds is 5. The number of nitrogens with zero attached hydrogens (tertiary/aromatic N) is 6. The van der Waals surface area contributed by atoms with Crippen LogP contribution < -0.4 is 4.90 Å². The maximum absolute atomic E-state index is 8.84. The fraction of sp³-hybridized carbons (Fsp3) is 0.538. The monoisotopic (exact) mass is 292 g/mol. The second-order valence-corrected chi connectivity index (χ2v) is 5.43. The third-order valence-electron chi connectivity index (χ3n) is 2.95. The summed E-state index contributed by atoms with van der Waals surface area (Å²) in [5.74, 6) is 1.79. The Morgan fingerprint density at radius 1 is 1.50 bits per heavy atom. The molecule has 6 nitrogen and oxygen atoms in total. The average molecular weight is 293 g/mol. The fourth-order valence-corrected chi connectivity index (χ4v) is 2.32. The van der Waals surface area contributed by atoms with Crippen LogP contribution in [0.1, 0.15) is 25.8 Å². The molecule has 0 amide bonds. The van der Waals surface area contributed by atoms with Gasteiger partial charge in [0.2, 0.25) is 0 Å². The Labute approximate surface area is 123 Å². The lowest BCUT2D eigenvalue weighted by molar-refractivity contribution is 0.600. The van der Waals surface area contributed by atoms with Gasteiger partial charge in [-0.25, -0.2) is 0 Å². The SMILES string of the molecule is Cc1c(Cl)nc2ncnn2c1N(CCC#N)CC(C)C. The summed E-state index contributed by atoms with van der Waals surface area (Å²) in [6, 6.07) is 2.18. The van der Waals surface area contributed by atoms with Gasteiger partial charge in [-0.05, 0) is 12.8 Å². The van der Waals surface area contributed by atoms with Crippen LogP contribution in [-0.4, -0.2) is 32.7 Å². The van der Waals surface area contributed by atoms with Crippen molar-refractivity contribution in [1.29, 1.82) is 5.26 Å². The lowest BCUT2D eigenvalue weighted by Crippen LogP contribution is -2.31. The van der Waals surface area contributed by atoms with Crippen LogP contribution in [0.4, 0.5) is 5.82 Å². The average Bonchev–Trinajstić information content (AvgIpc) is 2.83. The Hall–Kier alpha value is -1.87. The van der Waals surface area contributed by atoms with Crippen molar-refractivity contribution in [2.75, 3.05) is 18.0 Å². The molecule has 2 rings (SSSR count). The van der Waals surface area contributed by atoms with Gasteiger partial charge in [0, 0.05) is 18.7 Å². The molecule has 2 aromatic heterocycles. The quantitative estimate of drug-likeness (QED) is 0.792. The van der Waals surface area contributed by atoms with E-state index in [0.29, 0.717) is 29.8 Å². The number of aromatic nitrogens is 4. The molecule has 0 saturated carbocycles. The highest BCUT2D eigenvalue weighted by Crippen LogP contribution is 2.26. The highest BCUT2D eigenvalue weighted by Gasteiger charge is 2.19. The van der Waals surface area contributed by atoms with Gasteiger partial charge in [-0.2, -0.15) is 24.8 Å². The van der Waals surface area contributed by atoms with Gasteiger partial charge in [0.1, 0.15) is 17.3 Å². The molecule has 0 aromatic carbocycles. The van der Waals surface area contributed by atoms with Gasteiger partial charge in [0.15, 0.2) is 0 Å². The summed E-state index contributed by atoms with van der Waals surface area (Å²) in [7, 11) is 0. The Balaban J connectivity index is 2.53. The molecule has 0 spiro atoms. The van der Waals surface area contributed by atoms with Crippen LogP contribution in [0.15, 0.2) is 6.33 Å². The zero-order valence-corrected chi connectivity index (χ0v) is 12.6. The molecule has 7 heteroatoms. The minimum Gasteiger partial charge on any atom is -0.355 e. The van der Waals surface area contributed by atoms with Crippen LogP contribution in [0, 0.1) is 24.2 Å². The van der Waals surface area contributed by atoms with Crippen LogP contribution in [0.3, 0.4) is 0 Å². The smallest absolute Gasteiger partial charge is 0.255 e. The highest BCUT2D eigenvalue weighted by molar-refractivity contribution is 6.30. The molecule has 0 atom stereocenters. The van der Waals surface area contributed by atoms with E-state index in [1.807, 2.05) is 6.92 Å². The van der Waals surface area contributed by atoms with Gasteiger partial charge in [-0.1, -0.05) is 25.4 Å². The van der Waals surface area contributed by atoms with E-state index in [-0.39, 0.29) is 0 Å². The maximum Gasteiger partial charge on any atom is 0.255 e. The van der Waals surface area contributed by atoms with Crippen molar-refractivity contribution < 1.29 is 0 Å². The van der Waals surface area contributed by atoms with Gasteiger partial charge >= 0.3 is 0 Å². The van der Waals surface area contributed by atoms with E-state index >= 15 is 0 Å². The molecule has 0 unspecified atom stereocenters. The molecule has 0 saturated heterocycles. The normalized spacial score (nSPS) is 11.0. The summed E-state index contributed by atoms with van der Waals surface area (Å²) >= 11 is 6.18. The molecule has 106 valence electrons. The van der Waals surface area contributed by atoms with Crippen molar-refractivity contribution in [1.82, 2.24) is 19.6 Å². The highest BCUT2D eigenvalue weighted by atomic mass is 35.5. The molecule has 0 radical (unpaired) electrons. The molecule has 0 aliphatic rings. The number of fused-ring (bicyclic) bond motifs is 1. The molecule has 20 heavy (non-hydrogen) atoms. The van der Waals surface area contributed by atoms with Crippen molar-refractivity contribution in [2.24, 2.45) is 5.92 Å². The second-order valence-electron chi connectivity index (χ2n) is 5.07. The van der Waals surface area contributed by atoms with E-state index in [4.69, 9.17) is 16.9 Å². The van der Waals surface area contributed by atoms with Crippen molar-refractivity contribution in [3.8, 4) is 6.07 Å². The van der Waals surface area contributed by atoms with Gasteiger partial charge in [-0.15, -0.1) is 0 Å². The summed E-state index contributed by atoms with van der Waals surface area (Å²) in [5, 5.41) is 13.5. The molecule has 0 aliphatic heterocycles. The first-order valence-corrected chi connectivity index (χ1v) is 6.90. The molecule has 0 bridgehead atoms. The van der Waals surface area contributed by atoms with E-state index in [0.717, 1.165) is 17.9 Å². The molecule has 0 aliphatic carbocycles. The summed E-state index contributed by atoms with van der Waals surface area (Å²) < 4.78 is 1.68. The van der Waals surface area contributed by atoms with Crippen molar-refractivity contribution in [3.63, 3.8) is 0 Å². The largest absolute Gasteiger partial charge is 0.355 e. The summed E-state index contributed by atoms with van der Waals surface area (Å²) in [6.45, 7) is 7.63. The number of nitriles is 1. The number of halogens is 1. The van der Waals surface area contributed by atoms with Crippen LogP contribution in [0.2, 0.25) is 5.15 Å². The van der Waals surface area contributed by atoms with Gasteiger partial charge in [0.05, 0.1) is 12.5 Å². The van der Waals surface area contributed by atoms with Crippen LogP contribution >= 0.6 is 11.6 Å². The Kier molecular flexibility index (Phi) is 4.40. The standard InChI is InChI=1S/C13H17ClN6/c1-9(2)7-19(6-4-5-15)12-10(3)11(14)18-13-16-8-17-20(12)13/h8-9H,4,6-7H2,1-3H3. The van der Waals surface area contributed by atoms with Gasteiger partial charge < -0.3 is 4.90 Å². The van der Waals surface area contributed by atoms with Crippen molar-refractivity contribution >= 4 is 23.2 Å². The van der Waals surface area contributed by atoms with Crippen molar-refractivity contribution in [3.05, 3.63) is 17.0 Å². The summed E-state index contributed by atoms with van der Waals surface area (Å²) in [6.07, 6.45) is 1.90. The van der Waals surface area contributed by atoms with Gasteiger partial charge in [-0.3, -0.25) is 0 Å². The molecule has 2 aromatic rings. The number of hydrogen-bond acceptors (Lipinski definition) is 5. The lowest BCUT2D eigenvalue weighted by atomic mass is 10.2. The van der Waals surface area contributed by atoms with Crippen LogP contribution in [-0.2, 0) is 0 Å². The van der Waals surface area contributed by atoms with E-state index in [2.05, 4.69) is 39.9 Å². The Morgan fingerprint density at radius 3 is 2.90 bits per heavy atom. The maximum atomic E-state index is 8.84. The van der Waals surface area contributed by atoms with E-state index < -0.39 is 0 Å². The Morgan fingerprint density at radius 2 is 2.25 bits per heavy atom. The number of anilines is 1. The fourth-order valence-electron chi connectivity index (χ4n) is 2.16. The van der Waals surface area contributed by atoms with E-state index in [9.17, 15) is 0 Å². The van der Waals surface area contributed by atoms with Gasteiger partial charge in [0.25, 0.3) is 5.78 Å². The van der Waals surface area contributed by atoms with Crippen LogP contribution in [0.25, 0.3) is 5.78 Å². The third kappa shape index (κ3) is 2.83. The zero-order chi connectivity index (χ0) is 14.7. The van der Waals surface area contributed by atoms with E-state index in [1.54, 1.807) is 4.52 Å². The zero-order valence-electron chi connectivity index (χ0n) is 11.8. The third-order valence-corrected chi connectivity index (χ3v) is 3.32. The first-order chi connectivity index (χ1) is 9.54. The second kappa shape index (κ2) is 6.06. The Bertz CT molecular complexity index is 642.